The molecule has 7 heteroatoms. The number of hydrogen-bond donors (Lipinski definition) is 2. The van der Waals surface area contributed by atoms with Crippen molar-refractivity contribution in [2.75, 3.05) is 18.4 Å². The predicted molar refractivity (Wildman–Crippen MR) is 104 cm³/mol. The van der Waals surface area contributed by atoms with Gasteiger partial charge in [-0.1, -0.05) is 41.4 Å². The van der Waals surface area contributed by atoms with Gasteiger partial charge in [0.2, 0.25) is 0 Å². The fourth-order valence-electron chi connectivity index (χ4n) is 2.89. The van der Waals surface area contributed by atoms with E-state index < -0.39 is 0 Å². The Balaban J connectivity index is 1.51. The van der Waals surface area contributed by atoms with Crippen LogP contribution in [0, 0.1) is 0 Å². The Morgan fingerprint density at radius 2 is 1.69 bits per heavy atom. The molecule has 0 saturated carbocycles. The Kier molecular flexibility index (Phi) is 6.01. The van der Waals surface area contributed by atoms with Crippen molar-refractivity contribution in [3.63, 3.8) is 0 Å². The molecule has 1 saturated heterocycles. The van der Waals surface area contributed by atoms with Crippen molar-refractivity contribution in [1.29, 1.82) is 0 Å². The largest absolute Gasteiger partial charge is 0.349 e. The van der Waals surface area contributed by atoms with Crippen LogP contribution in [0.4, 0.5) is 10.5 Å². The zero-order chi connectivity index (χ0) is 18.5. The van der Waals surface area contributed by atoms with Gasteiger partial charge in [-0.05, 0) is 43.2 Å². The summed E-state index contributed by atoms with van der Waals surface area (Å²) in [6, 6.07) is 14.0. The smallest absolute Gasteiger partial charge is 0.321 e. The number of anilines is 1. The van der Waals surface area contributed by atoms with Crippen molar-refractivity contribution in [2.45, 2.75) is 18.9 Å². The summed E-state index contributed by atoms with van der Waals surface area (Å²) in [5.74, 6) is -0.246. The molecule has 0 spiro atoms. The van der Waals surface area contributed by atoms with Gasteiger partial charge >= 0.3 is 6.03 Å². The maximum atomic E-state index is 12.4. The molecule has 0 aromatic heterocycles. The van der Waals surface area contributed by atoms with E-state index in [0.29, 0.717) is 41.5 Å². The molecule has 26 heavy (non-hydrogen) atoms. The molecule has 2 aromatic rings. The van der Waals surface area contributed by atoms with Gasteiger partial charge in [0.15, 0.2) is 0 Å². The van der Waals surface area contributed by atoms with Gasteiger partial charge in [-0.25, -0.2) is 4.79 Å². The van der Waals surface area contributed by atoms with Crippen LogP contribution < -0.4 is 10.6 Å². The van der Waals surface area contributed by atoms with Crippen molar-refractivity contribution >= 4 is 40.8 Å². The van der Waals surface area contributed by atoms with Crippen molar-refractivity contribution in [1.82, 2.24) is 10.2 Å². The van der Waals surface area contributed by atoms with Crippen molar-refractivity contribution in [3.05, 3.63) is 64.1 Å². The van der Waals surface area contributed by atoms with Crippen LogP contribution in [0.3, 0.4) is 0 Å². The molecule has 2 N–H and O–H groups in total. The lowest BCUT2D eigenvalue weighted by molar-refractivity contribution is 0.0919. The molecular weight excluding hydrogens is 373 g/mol. The number of hydrogen-bond acceptors (Lipinski definition) is 2. The van der Waals surface area contributed by atoms with Gasteiger partial charge in [0, 0.05) is 29.8 Å². The number of rotatable bonds is 3. The van der Waals surface area contributed by atoms with E-state index in [1.54, 1.807) is 23.1 Å². The molecule has 5 nitrogen and oxygen atoms in total. The Morgan fingerprint density at radius 1 is 1.00 bits per heavy atom. The minimum absolute atomic E-state index is 0.00155. The first-order valence-corrected chi connectivity index (χ1v) is 9.15. The Labute approximate surface area is 162 Å². The molecule has 3 amide bonds. The zero-order valence-corrected chi connectivity index (χ0v) is 15.6. The summed E-state index contributed by atoms with van der Waals surface area (Å²) in [7, 11) is 0. The minimum Gasteiger partial charge on any atom is -0.349 e. The lowest BCUT2D eigenvalue weighted by Crippen LogP contribution is -2.47. The summed E-state index contributed by atoms with van der Waals surface area (Å²) in [5, 5.41) is 6.68. The maximum absolute atomic E-state index is 12.4. The Bertz CT molecular complexity index is 791. The number of urea groups is 1. The van der Waals surface area contributed by atoms with Crippen molar-refractivity contribution < 1.29 is 9.59 Å². The fourth-order valence-corrected chi connectivity index (χ4v) is 3.26. The average molecular weight is 392 g/mol. The third-order valence-electron chi connectivity index (χ3n) is 4.32. The number of para-hydroxylation sites is 1. The normalized spacial score (nSPS) is 14.8. The second kappa shape index (κ2) is 8.43. The van der Waals surface area contributed by atoms with Crippen molar-refractivity contribution in [3.8, 4) is 0 Å². The highest BCUT2D eigenvalue weighted by Gasteiger charge is 2.24. The Morgan fingerprint density at radius 3 is 2.38 bits per heavy atom. The van der Waals surface area contributed by atoms with Crippen LogP contribution in [0.1, 0.15) is 23.2 Å². The third kappa shape index (κ3) is 4.68. The van der Waals surface area contributed by atoms with Gasteiger partial charge in [-0.2, -0.15) is 0 Å². The maximum Gasteiger partial charge on any atom is 0.321 e. The molecule has 0 aliphatic carbocycles. The summed E-state index contributed by atoms with van der Waals surface area (Å²) < 4.78 is 0. The van der Waals surface area contributed by atoms with E-state index in [9.17, 15) is 9.59 Å². The van der Waals surface area contributed by atoms with Gasteiger partial charge in [0.25, 0.3) is 5.91 Å². The summed E-state index contributed by atoms with van der Waals surface area (Å²) in [4.78, 5) is 26.4. The number of benzene rings is 2. The molecule has 136 valence electrons. The molecule has 0 bridgehead atoms. The number of likely N-dealkylation sites (tertiary alicyclic amines) is 1. The van der Waals surface area contributed by atoms with E-state index >= 15 is 0 Å². The predicted octanol–water partition coefficient (Wildman–Crippen LogP) is 4.42. The van der Waals surface area contributed by atoms with Gasteiger partial charge < -0.3 is 15.5 Å². The van der Waals surface area contributed by atoms with E-state index in [1.807, 2.05) is 30.3 Å². The highest BCUT2D eigenvalue weighted by Crippen LogP contribution is 2.21. The topological polar surface area (TPSA) is 61.4 Å². The number of halogens is 2. The van der Waals surface area contributed by atoms with Gasteiger partial charge in [-0.3, -0.25) is 4.79 Å². The number of nitrogens with zero attached hydrogens (tertiary/aromatic N) is 1. The zero-order valence-electron chi connectivity index (χ0n) is 14.0. The SMILES string of the molecule is O=C(NC1CCN(C(=O)Nc2ccccc2)CC1)c1cc(Cl)ccc1Cl. The van der Waals surface area contributed by atoms with Crippen LogP contribution in [0.5, 0.6) is 0 Å². The van der Waals surface area contributed by atoms with E-state index in [-0.39, 0.29) is 18.0 Å². The average Bonchev–Trinajstić information content (AvgIpc) is 2.65. The van der Waals surface area contributed by atoms with E-state index in [2.05, 4.69) is 10.6 Å². The Hall–Kier alpha value is -2.24. The lowest BCUT2D eigenvalue weighted by atomic mass is 10.0. The van der Waals surface area contributed by atoms with Crippen LogP contribution in [-0.4, -0.2) is 36.0 Å². The monoisotopic (exact) mass is 391 g/mol. The minimum atomic E-state index is -0.246. The molecule has 2 aromatic carbocycles. The highest BCUT2D eigenvalue weighted by atomic mass is 35.5. The summed E-state index contributed by atoms with van der Waals surface area (Å²) in [5.41, 5.74) is 1.13. The first-order valence-electron chi connectivity index (χ1n) is 8.40. The molecule has 1 fully saturated rings. The number of piperidine rings is 1. The van der Waals surface area contributed by atoms with Gasteiger partial charge in [0.1, 0.15) is 0 Å². The summed E-state index contributed by atoms with van der Waals surface area (Å²) in [6.45, 7) is 1.15. The number of nitrogens with one attached hydrogen (secondary N) is 2. The van der Waals surface area contributed by atoms with Crippen LogP contribution in [0.15, 0.2) is 48.5 Å². The number of amides is 3. The second-order valence-corrected chi connectivity index (χ2v) is 7.00. The van der Waals surface area contributed by atoms with Crippen LogP contribution in [-0.2, 0) is 0 Å². The number of carbonyl (C=O) groups is 2. The standard InChI is InChI=1S/C19H19Cl2N3O2/c20-13-6-7-17(21)16(12-13)18(25)22-15-8-10-24(11-9-15)19(26)23-14-4-2-1-3-5-14/h1-7,12,15H,8-11H2,(H,22,25)(H,23,26). The molecule has 1 aliphatic heterocycles. The summed E-state index contributed by atoms with van der Waals surface area (Å²) in [6.07, 6.45) is 1.37. The molecule has 3 rings (SSSR count). The molecule has 1 aliphatic rings. The molecular formula is C19H19Cl2N3O2. The van der Waals surface area contributed by atoms with E-state index in [0.717, 1.165) is 5.69 Å². The molecule has 1 heterocycles. The second-order valence-electron chi connectivity index (χ2n) is 6.16. The number of carbonyl (C=O) groups excluding carboxylic acids is 2. The van der Waals surface area contributed by atoms with Crippen LogP contribution in [0.2, 0.25) is 10.0 Å². The van der Waals surface area contributed by atoms with Crippen molar-refractivity contribution in [2.24, 2.45) is 0 Å². The fraction of sp³-hybridized carbons (Fsp3) is 0.263. The first kappa shape index (κ1) is 18.5. The third-order valence-corrected chi connectivity index (χ3v) is 4.88. The van der Waals surface area contributed by atoms with E-state index in [4.69, 9.17) is 23.2 Å². The summed E-state index contributed by atoms with van der Waals surface area (Å²) >= 11 is 12.0. The lowest BCUT2D eigenvalue weighted by Gasteiger charge is -2.32. The molecule has 0 atom stereocenters. The van der Waals surface area contributed by atoms with Crippen LogP contribution in [0.25, 0.3) is 0 Å². The van der Waals surface area contributed by atoms with Gasteiger partial charge in [-0.15, -0.1) is 0 Å². The van der Waals surface area contributed by atoms with E-state index in [1.165, 1.54) is 0 Å². The van der Waals surface area contributed by atoms with Crippen LogP contribution >= 0.6 is 23.2 Å². The highest BCUT2D eigenvalue weighted by molar-refractivity contribution is 6.35. The van der Waals surface area contributed by atoms with Gasteiger partial charge in [0.05, 0.1) is 10.6 Å². The molecule has 0 unspecified atom stereocenters. The first-order chi connectivity index (χ1) is 12.5. The quantitative estimate of drug-likeness (QED) is 0.813. The molecule has 0 radical (unpaired) electrons.